The van der Waals surface area contributed by atoms with Gasteiger partial charge in [0.1, 0.15) is 5.82 Å². The third-order valence-electron chi connectivity index (χ3n) is 6.37. The van der Waals surface area contributed by atoms with Crippen molar-refractivity contribution in [3.8, 4) is 0 Å². The lowest BCUT2D eigenvalue weighted by atomic mass is 9.48. The van der Waals surface area contributed by atoms with Crippen molar-refractivity contribution in [2.75, 3.05) is 6.61 Å². The van der Waals surface area contributed by atoms with Gasteiger partial charge in [-0.25, -0.2) is 9.18 Å². The molecular formula is C20H23FO3. The summed E-state index contributed by atoms with van der Waals surface area (Å²) < 4.78 is 18.8. The van der Waals surface area contributed by atoms with Crippen LogP contribution in [0.25, 0.3) is 0 Å². The maximum atomic E-state index is 13.6. The van der Waals surface area contributed by atoms with Gasteiger partial charge in [0, 0.05) is 5.41 Å². The summed E-state index contributed by atoms with van der Waals surface area (Å²) in [6.45, 7) is 1.46. The minimum atomic E-state index is -0.619. The Kier molecular flexibility index (Phi) is 3.74. The highest BCUT2D eigenvalue weighted by atomic mass is 19.1. The van der Waals surface area contributed by atoms with E-state index in [-0.39, 0.29) is 23.4 Å². The average Bonchev–Trinajstić information content (AvgIpc) is 2.53. The van der Waals surface area contributed by atoms with Gasteiger partial charge >= 0.3 is 5.97 Å². The summed E-state index contributed by atoms with van der Waals surface area (Å²) in [7, 11) is 0. The van der Waals surface area contributed by atoms with E-state index in [1.807, 2.05) is 0 Å². The topological polar surface area (TPSA) is 43.4 Å². The van der Waals surface area contributed by atoms with Gasteiger partial charge in [0.05, 0.1) is 5.56 Å². The molecule has 0 aromatic heterocycles. The van der Waals surface area contributed by atoms with Crippen molar-refractivity contribution in [3.05, 3.63) is 35.1 Å². The van der Waals surface area contributed by atoms with Crippen LogP contribution in [-0.4, -0.2) is 18.4 Å². The lowest BCUT2D eigenvalue weighted by Gasteiger charge is -2.55. The molecule has 24 heavy (non-hydrogen) atoms. The smallest absolute Gasteiger partial charge is 0.338 e. The van der Waals surface area contributed by atoms with Gasteiger partial charge in [-0.2, -0.15) is 0 Å². The molecule has 4 heteroatoms. The van der Waals surface area contributed by atoms with Gasteiger partial charge in [-0.05, 0) is 80.9 Å². The van der Waals surface area contributed by atoms with Crippen LogP contribution >= 0.6 is 0 Å². The zero-order valence-electron chi connectivity index (χ0n) is 14.0. The van der Waals surface area contributed by atoms with E-state index in [2.05, 4.69) is 0 Å². The van der Waals surface area contributed by atoms with Crippen LogP contribution in [-0.2, 0) is 9.53 Å². The number of halogens is 1. The minimum absolute atomic E-state index is 0.0718. The van der Waals surface area contributed by atoms with Gasteiger partial charge < -0.3 is 4.74 Å². The first-order valence-electron chi connectivity index (χ1n) is 8.92. The number of ketones is 1. The summed E-state index contributed by atoms with van der Waals surface area (Å²) in [6, 6.07) is 4.26. The van der Waals surface area contributed by atoms with E-state index < -0.39 is 11.8 Å². The van der Waals surface area contributed by atoms with Crippen molar-refractivity contribution < 1.29 is 18.7 Å². The molecule has 4 aliphatic rings. The summed E-state index contributed by atoms with van der Waals surface area (Å²) in [5.41, 5.74) is 0.390. The molecule has 0 spiro atoms. The van der Waals surface area contributed by atoms with E-state index in [0.717, 1.165) is 19.3 Å². The van der Waals surface area contributed by atoms with Crippen molar-refractivity contribution in [3.63, 3.8) is 0 Å². The fourth-order valence-electron chi connectivity index (χ4n) is 5.54. The number of carbonyl (C=O) groups is 2. The molecule has 1 aromatic carbocycles. The van der Waals surface area contributed by atoms with Gasteiger partial charge in [0.25, 0.3) is 0 Å². The van der Waals surface area contributed by atoms with E-state index in [4.69, 9.17) is 4.74 Å². The van der Waals surface area contributed by atoms with Crippen LogP contribution in [0.4, 0.5) is 4.39 Å². The zero-order chi connectivity index (χ0) is 16.9. The maximum absolute atomic E-state index is 13.6. The summed E-state index contributed by atoms with van der Waals surface area (Å²) in [5, 5.41) is 0. The third-order valence-corrected chi connectivity index (χ3v) is 6.37. The second-order valence-corrected chi connectivity index (χ2v) is 8.16. The maximum Gasteiger partial charge on any atom is 0.338 e. The fraction of sp³-hybridized carbons (Fsp3) is 0.600. The molecule has 0 aliphatic heterocycles. The average molecular weight is 330 g/mol. The number of benzene rings is 1. The Hall–Kier alpha value is -1.71. The normalized spacial score (nSPS) is 33.5. The second-order valence-electron chi connectivity index (χ2n) is 8.16. The standard InChI is InChI=1S/C20H23FO3/c1-12-2-3-16(7-17(12)21)19(23)24-11-18(22)20-8-13-4-14(9-20)6-15(5-13)10-20/h2-3,7,13-15H,4-6,8-11H2,1H3. The van der Waals surface area contributed by atoms with Crippen molar-refractivity contribution in [2.24, 2.45) is 23.2 Å². The highest BCUT2D eigenvalue weighted by molar-refractivity contribution is 5.93. The molecule has 0 saturated heterocycles. The van der Waals surface area contributed by atoms with Crippen molar-refractivity contribution >= 4 is 11.8 Å². The Balaban J connectivity index is 1.41. The Morgan fingerprint density at radius 1 is 1.12 bits per heavy atom. The predicted molar refractivity (Wildman–Crippen MR) is 87.0 cm³/mol. The second kappa shape index (κ2) is 5.68. The van der Waals surface area contributed by atoms with Gasteiger partial charge in [-0.15, -0.1) is 0 Å². The zero-order valence-corrected chi connectivity index (χ0v) is 14.0. The van der Waals surface area contributed by atoms with E-state index in [0.29, 0.717) is 23.3 Å². The molecule has 1 aromatic rings. The molecule has 4 aliphatic carbocycles. The van der Waals surface area contributed by atoms with Crippen LogP contribution in [0.2, 0.25) is 0 Å². The van der Waals surface area contributed by atoms with E-state index in [9.17, 15) is 14.0 Å². The number of rotatable bonds is 4. The number of carbonyl (C=O) groups excluding carboxylic acids is 2. The van der Waals surface area contributed by atoms with Gasteiger partial charge in [0.15, 0.2) is 12.4 Å². The van der Waals surface area contributed by atoms with Crippen LogP contribution in [0.1, 0.15) is 54.4 Å². The number of hydrogen-bond donors (Lipinski definition) is 0. The largest absolute Gasteiger partial charge is 0.454 e. The van der Waals surface area contributed by atoms with Gasteiger partial charge in [-0.1, -0.05) is 6.07 Å². The highest BCUT2D eigenvalue weighted by Gasteiger charge is 2.54. The number of aryl methyl sites for hydroxylation is 1. The molecule has 128 valence electrons. The molecule has 4 fully saturated rings. The molecular weight excluding hydrogens is 307 g/mol. The summed E-state index contributed by atoms with van der Waals surface area (Å²) in [5.74, 6) is 1.07. The summed E-state index contributed by atoms with van der Waals surface area (Å²) in [6.07, 6.45) is 6.72. The van der Waals surface area contributed by atoms with Crippen molar-refractivity contribution in [2.45, 2.75) is 45.4 Å². The van der Waals surface area contributed by atoms with Crippen LogP contribution in [0.5, 0.6) is 0 Å². The number of Topliss-reactive ketones (excluding diaryl/α,β-unsaturated/α-hetero) is 1. The Labute approximate surface area is 141 Å². The molecule has 0 radical (unpaired) electrons. The Morgan fingerprint density at radius 2 is 1.71 bits per heavy atom. The van der Waals surface area contributed by atoms with Gasteiger partial charge in [0.2, 0.25) is 0 Å². The molecule has 0 unspecified atom stereocenters. The Morgan fingerprint density at radius 3 is 2.25 bits per heavy atom. The number of esters is 1. The van der Waals surface area contributed by atoms with Crippen molar-refractivity contribution in [1.82, 2.24) is 0 Å². The number of ether oxygens (including phenoxy) is 1. The third kappa shape index (κ3) is 2.66. The molecule has 5 rings (SSSR count). The first-order valence-corrected chi connectivity index (χ1v) is 8.92. The summed E-state index contributed by atoms with van der Waals surface area (Å²) in [4.78, 5) is 24.9. The highest BCUT2D eigenvalue weighted by Crippen LogP contribution is 2.60. The van der Waals surface area contributed by atoms with Crippen LogP contribution in [0.3, 0.4) is 0 Å². The van der Waals surface area contributed by atoms with Crippen LogP contribution in [0, 0.1) is 35.9 Å². The molecule has 3 nitrogen and oxygen atoms in total. The van der Waals surface area contributed by atoms with Gasteiger partial charge in [-0.3, -0.25) is 4.79 Å². The lowest BCUT2D eigenvalue weighted by Crippen LogP contribution is -2.51. The minimum Gasteiger partial charge on any atom is -0.454 e. The van der Waals surface area contributed by atoms with Crippen molar-refractivity contribution in [1.29, 1.82) is 0 Å². The molecule has 0 N–H and O–H groups in total. The molecule has 4 bridgehead atoms. The van der Waals surface area contributed by atoms with Crippen LogP contribution in [0.15, 0.2) is 18.2 Å². The number of hydrogen-bond acceptors (Lipinski definition) is 3. The lowest BCUT2D eigenvalue weighted by molar-refractivity contribution is -0.147. The van der Waals surface area contributed by atoms with Crippen LogP contribution < -0.4 is 0 Å². The molecule has 4 saturated carbocycles. The molecule has 0 heterocycles. The van der Waals surface area contributed by atoms with E-state index in [1.54, 1.807) is 13.0 Å². The molecule has 0 amide bonds. The van der Waals surface area contributed by atoms with E-state index in [1.165, 1.54) is 31.4 Å². The Bertz CT molecular complexity index is 659. The predicted octanol–water partition coefficient (Wildman–Crippen LogP) is 4.08. The first-order chi connectivity index (χ1) is 11.4. The SMILES string of the molecule is Cc1ccc(C(=O)OCC(=O)C23CC4CC(CC(C4)C2)C3)cc1F. The quantitative estimate of drug-likeness (QED) is 0.782. The first kappa shape index (κ1) is 15.8. The fourth-order valence-corrected chi connectivity index (χ4v) is 5.54. The van der Waals surface area contributed by atoms with E-state index >= 15 is 0 Å². The summed E-state index contributed by atoms with van der Waals surface area (Å²) >= 11 is 0. The monoisotopic (exact) mass is 330 g/mol. The molecule has 0 atom stereocenters.